The number of halogens is 2. The van der Waals surface area contributed by atoms with Crippen molar-refractivity contribution in [2.75, 3.05) is 0 Å². The molecule has 4 heterocycles. The normalized spacial score (nSPS) is 26.4. The highest BCUT2D eigenvalue weighted by Gasteiger charge is 2.31. The number of H-pyrrole nitrogens is 1. The Morgan fingerprint density at radius 3 is 2.47 bits per heavy atom. The molecule has 4 rings (SSSR count). The number of fused-ring (bicyclic) bond motifs is 3. The van der Waals surface area contributed by atoms with Crippen LogP contribution >= 0.6 is 22.6 Å². The minimum absolute atomic E-state index is 0.286. The number of nitrogens with zero attached hydrogens (tertiary/aromatic N) is 3. The molecular weight excluding hydrogens is 490 g/mol. The molecular formula is C24H26FIN4. The Kier molecular flexibility index (Phi) is 4.91. The van der Waals surface area contributed by atoms with Crippen molar-refractivity contribution >= 4 is 58.7 Å². The van der Waals surface area contributed by atoms with E-state index < -0.39 is 15.1 Å². The Morgan fingerprint density at radius 1 is 1.00 bits per heavy atom. The first-order valence-corrected chi connectivity index (χ1v) is 11.1. The molecule has 1 aromatic rings. The van der Waals surface area contributed by atoms with E-state index in [9.17, 15) is 4.39 Å². The Balaban J connectivity index is 1.90. The van der Waals surface area contributed by atoms with Crippen LogP contribution < -0.4 is 10.6 Å². The largest absolute Gasteiger partial charge is 0.355 e. The Bertz CT molecular complexity index is 1230. The van der Waals surface area contributed by atoms with Crippen molar-refractivity contribution in [3.8, 4) is 0 Å². The number of hydrogen-bond acceptors (Lipinski definition) is 3. The second-order valence-corrected chi connectivity index (χ2v) is 11.4. The minimum atomic E-state index is -0.645. The lowest BCUT2D eigenvalue weighted by Crippen LogP contribution is -2.27. The van der Waals surface area contributed by atoms with E-state index in [1.54, 1.807) is 6.92 Å². The molecule has 0 aromatic carbocycles. The Morgan fingerprint density at radius 2 is 1.73 bits per heavy atom. The molecule has 1 aromatic heterocycles. The van der Waals surface area contributed by atoms with Gasteiger partial charge in [-0.3, -0.25) is 9.98 Å². The zero-order valence-electron chi connectivity index (χ0n) is 18.1. The molecule has 3 aliphatic heterocycles. The van der Waals surface area contributed by atoms with Crippen LogP contribution in [0, 0.1) is 0 Å². The van der Waals surface area contributed by atoms with Gasteiger partial charge in [0, 0.05) is 27.9 Å². The number of aromatic nitrogens is 1. The fraction of sp³-hybridized carbons (Fsp3) is 0.375. The van der Waals surface area contributed by atoms with Gasteiger partial charge in [-0.25, -0.2) is 4.99 Å². The quantitative estimate of drug-likeness (QED) is 0.324. The summed E-state index contributed by atoms with van der Waals surface area (Å²) in [5, 5.41) is 2.18. The Hall–Kier alpha value is -2.09. The van der Waals surface area contributed by atoms with Gasteiger partial charge < -0.3 is 4.98 Å². The van der Waals surface area contributed by atoms with Crippen molar-refractivity contribution in [1.29, 1.82) is 0 Å². The molecule has 0 saturated carbocycles. The summed E-state index contributed by atoms with van der Waals surface area (Å²) in [6.45, 7) is 11.8. The number of nitrogens with one attached hydrogen (secondary N) is 1. The molecule has 3 aliphatic rings. The lowest BCUT2D eigenvalue weighted by atomic mass is 9.98. The monoisotopic (exact) mass is 516 g/mol. The van der Waals surface area contributed by atoms with Crippen LogP contribution in [0.2, 0.25) is 0 Å². The molecule has 0 amide bonds. The third kappa shape index (κ3) is 3.94. The predicted molar refractivity (Wildman–Crippen MR) is 134 cm³/mol. The van der Waals surface area contributed by atoms with Crippen LogP contribution in [0.15, 0.2) is 44.4 Å². The van der Waals surface area contributed by atoms with Gasteiger partial charge in [-0.05, 0) is 100 Å². The fourth-order valence-corrected chi connectivity index (χ4v) is 4.63. The number of rotatable bonds is 1. The first-order chi connectivity index (χ1) is 13.9. The van der Waals surface area contributed by atoms with E-state index in [2.05, 4.69) is 70.5 Å². The first kappa shape index (κ1) is 21.2. The van der Waals surface area contributed by atoms with Crippen LogP contribution in [0.25, 0.3) is 18.2 Å². The van der Waals surface area contributed by atoms with E-state index in [1.807, 2.05) is 44.4 Å². The lowest BCUT2D eigenvalue weighted by Gasteiger charge is -2.19. The van der Waals surface area contributed by atoms with Gasteiger partial charge >= 0.3 is 0 Å². The fourth-order valence-electron chi connectivity index (χ4n) is 3.94. The zero-order valence-corrected chi connectivity index (χ0v) is 20.3. The molecule has 0 radical (unpaired) electrons. The molecule has 1 atom stereocenters. The van der Waals surface area contributed by atoms with Crippen molar-refractivity contribution in [2.45, 2.75) is 56.2 Å². The predicted octanol–water partition coefficient (Wildman–Crippen LogP) is 4.55. The van der Waals surface area contributed by atoms with E-state index in [0.29, 0.717) is 5.57 Å². The summed E-state index contributed by atoms with van der Waals surface area (Å²) >= 11 is 2.38. The van der Waals surface area contributed by atoms with Gasteiger partial charge in [0.2, 0.25) is 5.97 Å². The highest BCUT2D eigenvalue weighted by Crippen LogP contribution is 2.37. The molecule has 1 N–H and O–H groups in total. The van der Waals surface area contributed by atoms with Crippen LogP contribution in [0.1, 0.15) is 52.8 Å². The summed E-state index contributed by atoms with van der Waals surface area (Å²) in [5.41, 5.74) is 3.44. The average molecular weight is 516 g/mol. The maximum atomic E-state index is 14.3. The summed E-state index contributed by atoms with van der Waals surface area (Å²) in [6, 6.07) is 0. The molecule has 0 spiro atoms. The third-order valence-electron chi connectivity index (χ3n) is 5.34. The van der Waals surface area contributed by atoms with E-state index in [-0.39, 0.29) is 5.54 Å². The standard InChI is InChI=1S/C24H26FIN4/c1-14-11-15(12-23(4,5)30-21(14)25)18-8-7-16-17-13-22(2,3)27-10-9-19(17)28-20(16)24(6,26)29-18/h7-13,28H,1-6H3. The molecule has 0 bridgehead atoms. The maximum absolute atomic E-state index is 14.3. The van der Waals surface area contributed by atoms with Gasteiger partial charge in [-0.1, -0.05) is 6.08 Å². The average Bonchev–Trinajstić information content (AvgIpc) is 2.70. The molecule has 6 heteroatoms. The van der Waals surface area contributed by atoms with E-state index in [1.165, 1.54) is 0 Å². The summed E-state index contributed by atoms with van der Waals surface area (Å²) in [7, 11) is 0. The SMILES string of the molecule is CC1=CC(C2=NC(C)(I)c3[nH]c4c(c3C=C2)=CC(C)(C)N=CC=4)=CC(C)(C)N=C1F. The molecule has 30 heavy (non-hydrogen) atoms. The maximum Gasteiger partial charge on any atom is 0.212 e. The van der Waals surface area contributed by atoms with Gasteiger partial charge in [-0.2, -0.15) is 4.39 Å². The number of aromatic amines is 1. The van der Waals surface area contributed by atoms with Gasteiger partial charge in [0.15, 0.2) is 0 Å². The number of allylic oxidation sites excluding steroid dienone is 4. The third-order valence-corrected chi connectivity index (χ3v) is 6.12. The van der Waals surface area contributed by atoms with E-state index in [4.69, 9.17) is 4.99 Å². The van der Waals surface area contributed by atoms with Crippen LogP contribution in [-0.2, 0) is 3.55 Å². The van der Waals surface area contributed by atoms with Crippen molar-refractivity contribution in [3.63, 3.8) is 0 Å². The van der Waals surface area contributed by atoms with E-state index >= 15 is 0 Å². The summed E-state index contributed by atoms with van der Waals surface area (Å²) in [4.78, 5) is 17.5. The highest BCUT2D eigenvalue weighted by molar-refractivity contribution is 14.1. The summed E-state index contributed by atoms with van der Waals surface area (Å²) in [5.74, 6) is -0.426. The summed E-state index contributed by atoms with van der Waals surface area (Å²) < 4.78 is 13.8. The second kappa shape index (κ2) is 6.97. The molecule has 1 unspecified atom stereocenters. The van der Waals surface area contributed by atoms with Crippen molar-refractivity contribution in [1.82, 2.24) is 4.98 Å². The molecule has 156 valence electrons. The van der Waals surface area contributed by atoms with Crippen molar-refractivity contribution in [3.05, 3.63) is 51.2 Å². The van der Waals surface area contributed by atoms with Gasteiger partial charge in [-0.15, -0.1) is 0 Å². The smallest absolute Gasteiger partial charge is 0.212 e. The lowest BCUT2D eigenvalue weighted by molar-refractivity contribution is 0.634. The van der Waals surface area contributed by atoms with Crippen molar-refractivity contribution in [2.24, 2.45) is 15.0 Å². The van der Waals surface area contributed by atoms with Crippen LogP contribution in [0.3, 0.4) is 0 Å². The first-order valence-electron chi connectivity index (χ1n) is 10.0. The van der Waals surface area contributed by atoms with Gasteiger partial charge in [0.1, 0.15) is 3.55 Å². The molecule has 0 saturated heterocycles. The minimum Gasteiger partial charge on any atom is -0.355 e. The second-order valence-electron chi connectivity index (χ2n) is 9.25. The molecule has 0 fully saturated rings. The van der Waals surface area contributed by atoms with Crippen LogP contribution in [0.4, 0.5) is 4.39 Å². The topological polar surface area (TPSA) is 52.9 Å². The molecule has 0 aliphatic carbocycles. The summed E-state index contributed by atoms with van der Waals surface area (Å²) in [6.07, 6.45) is 14.0. The van der Waals surface area contributed by atoms with Gasteiger partial charge in [0.05, 0.1) is 22.5 Å². The Labute approximate surface area is 190 Å². The highest BCUT2D eigenvalue weighted by atomic mass is 127. The van der Waals surface area contributed by atoms with Crippen LogP contribution in [0.5, 0.6) is 0 Å². The number of hydrogen-bond donors (Lipinski definition) is 1. The number of aliphatic imine (C=N–C) groups is 3. The number of alkyl halides is 1. The molecule has 4 nitrogen and oxygen atoms in total. The van der Waals surface area contributed by atoms with E-state index in [0.717, 1.165) is 33.1 Å². The van der Waals surface area contributed by atoms with Crippen LogP contribution in [-0.4, -0.2) is 34.0 Å². The van der Waals surface area contributed by atoms with Crippen molar-refractivity contribution < 1.29 is 4.39 Å². The zero-order chi connectivity index (χ0) is 21.9. The van der Waals surface area contributed by atoms with Gasteiger partial charge in [0.25, 0.3) is 0 Å².